The Labute approximate surface area is 165 Å². The maximum Gasteiger partial charge on any atom is 0.312 e. The largest absolute Gasteiger partial charge is 0.466 e. The monoisotopic (exact) mass is 396 g/mol. The van der Waals surface area contributed by atoms with Gasteiger partial charge in [-0.1, -0.05) is 0 Å². The van der Waals surface area contributed by atoms with E-state index in [1.165, 1.54) is 0 Å². The number of rotatable bonds is 9. The van der Waals surface area contributed by atoms with Crippen molar-refractivity contribution in [3.05, 3.63) is 0 Å². The molecule has 3 saturated heterocycles. The average molecular weight is 396 g/mol. The number of aliphatic hydroxyl groups excluding tert-OH is 1. The van der Waals surface area contributed by atoms with Gasteiger partial charge in [-0.15, -0.1) is 0 Å². The molecule has 2 amide bonds. The Balaban J connectivity index is 1.89. The third kappa shape index (κ3) is 3.41. The zero-order chi connectivity index (χ0) is 20.5. The molecule has 0 radical (unpaired) electrons. The summed E-state index contributed by atoms with van der Waals surface area (Å²) in [5, 5.41) is 11.9. The SMILES string of the molecule is CCOC(=O)[C@@H]1[C@@H]2CCC3(O2)C(C(=O)NC(C)C)N(CCCCCO)C(=O)[C@H]13. The molecule has 3 aliphatic heterocycles. The Morgan fingerprint density at radius 2 is 2.11 bits per heavy atom. The Morgan fingerprint density at radius 3 is 2.75 bits per heavy atom. The van der Waals surface area contributed by atoms with E-state index in [1.807, 2.05) is 13.8 Å². The summed E-state index contributed by atoms with van der Waals surface area (Å²) in [5.74, 6) is -2.12. The lowest BCUT2D eigenvalue weighted by atomic mass is 9.70. The van der Waals surface area contributed by atoms with Crippen LogP contribution in [0.1, 0.15) is 52.9 Å². The van der Waals surface area contributed by atoms with Gasteiger partial charge in [-0.05, 0) is 52.9 Å². The van der Waals surface area contributed by atoms with Gasteiger partial charge in [0.1, 0.15) is 11.6 Å². The normalized spacial score (nSPS) is 33.5. The fraction of sp³-hybridized carbons (Fsp3) is 0.850. The van der Waals surface area contributed by atoms with E-state index in [0.717, 1.165) is 6.42 Å². The minimum Gasteiger partial charge on any atom is -0.466 e. The van der Waals surface area contributed by atoms with Gasteiger partial charge in [0.15, 0.2) is 0 Å². The predicted molar refractivity (Wildman–Crippen MR) is 100 cm³/mol. The summed E-state index contributed by atoms with van der Waals surface area (Å²) >= 11 is 0. The minimum absolute atomic E-state index is 0.0613. The van der Waals surface area contributed by atoms with Gasteiger partial charge in [0, 0.05) is 19.2 Å². The number of nitrogens with zero attached hydrogens (tertiary/aromatic N) is 1. The number of amides is 2. The first-order valence-electron chi connectivity index (χ1n) is 10.4. The smallest absolute Gasteiger partial charge is 0.312 e. The topological polar surface area (TPSA) is 105 Å². The predicted octanol–water partition coefficient (Wildman–Crippen LogP) is 0.611. The maximum atomic E-state index is 13.4. The van der Waals surface area contributed by atoms with Gasteiger partial charge in [-0.25, -0.2) is 0 Å². The Bertz CT molecular complexity index is 624. The highest BCUT2D eigenvalue weighted by atomic mass is 16.6. The first-order valence-corrected chi connectivity index (χ1v) is 10.4. The third-order valence-electron chi connectivity index (χ3n) is 6.10. The number of nitrogens with one attached hydrogen (secondary N) is 1. The molecular weight excluding hydrogens is 364 g/mol. The highest BCUT2D eigenvalue weighted by Crippen LogP contribution is 2.58. The number of carbonyl (C=O) groups is 3. The second-order valence-corrected chi connectivity index (χ2v) is 8.29. The number of hydrogen-bond donors (Lipinski definition) is 2. The summed E-state index contributed by atoms with van der Waals surface area (Å²) in [6, 6.07) is -0.792. The van der Waals surface area contributed by atoms with Crippen LogP contribution in [0.3, 0.4) is 0 Å². The first kappa shape index (κ1) is 21.0. The molecule has 2 bridgehead atoms. The highest BCUT2D eigenvalue weighted by Gasteiger charge is 2.74. The fourth-order valence-electron chi connectivity index (χ4n) is 5.13. The van der Waals surface area contributed by atoms with Gasteiger partial charge in [-0.2, -0.15) is 0 Å². The van der Waals surface area contributed by atoms with Gasteiger partial charge in [0.25, 0.3) is 0 Å². The van der Waals surface area contributed by atoms with E-state index < -0.39 is 29.4 Å². The summed E-state index contributed by atoms with van der Waals surface area (Å²) in [5.41, 5.74) is -0.949. The van der Waals surface area contributed by atoms with Gasteiger partial charge < -0.3 is 24.8 Å². The molecule has 3 rings (SSSR count). The Hall–Kier alpha value is -1.67. The molecule has 0 aromatic rings. The van der Waals surface area contributed by atoms with Gasteiger partial charge in [-0.3, -0.25) is 14.4 Å². The Morgan fingerprint density at radius 1 is 1.36 bits per heavy atom. The molecule has 0 aromatic heterocycles. The minimum atomic E-state index is -0.949. The van der Waals surface area contributed by atoms with E-state index in [4.69, 9.17) is 14.6 Å². The number of aliphatic hydroxyl groups is 1. The van der Waals surface area contributed by atoms with Crippen molar-refractivity contribution in [2.45, 2.75) is 76.7 Å². The van der Waals surface area contributed by atoms with Crippen LogP contribution in [-0.2, 0) is 23.9 Å². The van der Waals surface area contributed by atoms with Gasteiger partial charge >= 0.3 is 5.97 Å². The van der Waals surface area contributed by atoms with Crippen LogP contribution in [0.15, 0.2) is 0 Å². The second-order valence-electron chi connectivity index (χ2n) is 8.29. The standard InChI is InChI=1S/C20H32N2O6/c1-4-27-19(26)14-13-8-9-20(28-13)15(14)18(25)22(10-6-5-7-11-23)16(20)17(24)21-12(2)3/h12-16,23H,4-11H2,1-3H3,(H,21,24)/t13-,14+,15-,16?,20?/m0/s1. The van der Waals surface area contributed by atoms with E-state index in [9.17, 15) is 14.4 Å². The van der Waals surface area contributed by atoms with Crippen molar-refractivity contribution in [3.63, 3.8) is 0 Å². The van der Waals surface area contributed by atoms with Crippen LogP contribution < -0.4 is 5.32 Å². The number of likely N-dealkylation sites (tertiary alicyclic amines) is 1. The van der Waals surface area contributed by atoms with Crippen LogP contribution in [-0.4, -0.2) is 71.3 Å². The number of ether oxygens (including phenoxy) is 2. The van der Waals surface area contributed by atoms with Crippen LogP contribution in [0.5, 0.6) is 0 Å². The molecule has 0 aliphatic carbocycles. The van der Waals surface area contributed by atoms with Gasteiger partial charge in [0.05, 0.1) is 24.5 Å². The molecule has 0 aromatic carbocycles. The number of fused-ring (bicyclic) bond motifs is 1. The molecule has 5 atom stereocenters. The van der Waals surface area contributed by atoms with Crippen molar-refractivity contribution >= 4 is 17.8 Å². The summed E-state index contributed by atoms with van der Waals surface area (Å²) in [6.07, 6.45) is 2.99. The molecular formula is C20H32N2O6. The molecule has 3 aliphatic rings. The molecule has 2 unspecified atom stereocenters. The van der Waals surface area contributed by atoms with Crippen molar-refractivity contribution < 1.29 is 29.0 Å². The van der Waals surface area contributed by atoms with Crippen LogP contribution >= 0.6 is 0 Å². The lowest BCUT2D eigenvalue weighted by Crippen LogP contribution is -2.56. The van der Waals surface area contributed by atoms with E-state index >= 15 is 0 Å². The Kier molecular flexibility index (Phi) is 6.29. The van der Waals surface area contributed by atoms with E-state index in [2.05, 4.69) is 5.32 Å². The highest BCUT2D eigenvalue weighted by molar-refractivity contribution is 5.98. The van der Waals surface area contributed by atoms with Crippen LogP contribution in [0.2, 0.25) is 0 Å². The zero-order valence-electron chi connectivity index (χ0n) is 17.0. The molecule has 8 nitrogen and oxygen atoms in total. The van der Waals surface area contributed by atoms with Crippen LogP contribution in [0.25, 0.3) is 0 Å². The summed E-state index contributed by atoms with van der Waals surface area (Å²) < 4.78 is 11.5. The fourth-order valence-corrected chi connectivity index (χ4v) is 5.13. The van der Waals surface area contributed by atoms with E-state index in [-0.39, 0.29) is 37.2 Å². The van der Waals surface area contributed by atoms with Crippen molar-refractivity contribution in [1.29, 1.82) is 0 Å². The van der Waals surface area contributed by atoms with Crippen LogP contribution in [0.4, 0.5) is 0 Å². The molecule has 0 saturated carbocycles. The second kappa shape index (κ2) is 8.37. The van der Waals surface area contributed by atoms with Crippen molar-refractivity contribution in [3.8, 4) is 0 Å². The number of esters is 1. The zero-order valence-corrected chi connectivity index (χ0v) is 17.0. The van der Waals surface area contributed by atoms with E-state index in [0.29, 0.717) is 32.2 Å². The lowest BCUT2D eigenvalue weighted by molar-refractivity contribution is -0.154. The number of unbranched alkanes of at least 4 members (excludes halogenated alkanes) is 2. The van der Waals surface area contributed by atoms with Crippen molar-refractivity contribution in [1.82, 2.24) is 10.2 Å². The van der Waals surface area contributed by atoms with E-state index in [1.54, 1.807) is 11.8 Å². The summed E-state index contributed by atoms with van der Waals surface area (Å²) in [4.78, 5) is 40.6. The molecule has 3 heterocycles. The molecule has 2 N–H and O–H groups in total. The summed E-state index contributed by atoms with van der Waals surface area (Å²) in [7, 11) is 0. The molecule has 3 fully saturated rings. The molecule has 28 heavy (non-hydrogen) atoms. The third-order valence-corrected chi connectivity index (χ3v) is 6.10. The van der Waals surface area contributed by atoms with Crippen LogP contribution in [0, 0.1) is 11.8 Å². The maximum absolute atomic E-state index is 13.4. The number of hydrogen-bond acceptors (Lipinski definition) is 6. The lowest BCUT2D eigenvalue weighted by Gasteiger charge is -2.33. The first-order chi connectivity index (χ1) is 13.4. The molecule has 158 valence electrons. The van der Waals surface area contributed by atoms with Crippen molar-refractivity contribution in [2.24, 2.45) is 11.8 Å². The van der Waals surface area contributed by atoms with Gasteiger partial charge in [0.2, 0.25) is 11.8 Å². The molecule has 8 heteroatoms. The average Bonchev–Trinajstić information content (AvgIpc) is 3.26. The van der Waals surface area contributed by atoms with Crippen molar-refractivity contribution in [2.75, 3.05) is 19.8 Å². The quantitative estimate of drug-likeness (QED) is 0.437. The molecule has 1 spiro atoms. The number of carbonyl (C=O) groups excluding carboxylic acids is 3. The summed E-state index contributed by atoms with van der Waals surface area (Å²) in [6.45, 7) is 6.26.